The number of rotatable bonds is 5. The predicted octanol–water partition coefficient (Wildman–Crippen LogP) is 0.774. The van der Waals surface area contributed by atoms with Crippen molar-refractivity contribution >= 4 is 15.9 Å². The second-order valence-electron chi connectivity index (χ2n) is 5.30. The Morgan fingerprint density at radius 1 is 1.29 bits per heavy atom. The molecule has 0 fully saturated rings. The fraction of sp³-hybridized carbons (Fsp3) is 0.400. The van der Waals surface area contributed by atoms with Gasteiger partial charge in [0.25, 0.3) is 5.91 Å². The summed E-state index contributed by atoms with van der Waals surface area (Å²) in [5, 5.41) is 8.93. The Balaban J connectivity index is 2.48. The molecule has 1 aromatic carbocycles. The van der Waals surface area contributed by atoms with Gasteiger partial charge in [0.1, 0.15) is 6.04 Å². The molecule has 132 valence electrons. The lowest BCUT2D eigenvalue weighted by Crippen LogP contribution is -2.53. The van der Waals surface area contributed by atoms with Gasteiger partial charge >= 0.3 is 0 Å². The summed E-state index contributed by atoms with van der Waals surface area (Å²) in [5.74, 6) is -0.507. The highest BCUT2D eigenvalue weighted by Crippen LogP contribution is 2.32. The molecule has 1 aromatic rings. The first-order valence-corrected chi connectivity index (χ1v) is 8.65. The van der Waals surface area contributed by atoms with Crippen molar-refractivity contribution in [3.63, 3.8) is 0 Å². The second-order valence-corrected chi connectivity index (χ2v) is 7.19. The van der Waals surface area contributed by atoms with Gasteiger partial charge in [-0.1, -0.05) is 19.1 Å². The molecule has 24 heavy (non-hydrogen) atoms. The molecule has 0 aliphatic carbocycles. The smallest absolute Gasteiger partial charge is 0.262 e. The number of amides is 1. The lowest BCUT2D eigenvalue weighted by atomic mass is 9.98. The number of nitrogens with zero attached hydrogens (tertiary/aromatic N) is 1. The van der Waals surface area contributed by atoms with E-state index < -0.39 is 22.0 Å². The molecule has 0 bridgehead atoms. The SMILES string of the molecule is COc1ccc(S(=O)(=O)N2CC=CC(C)C2C(=O)NO)cc1OC. The summed E-state index contributed by atoms with van der Waals surface area (Å²) in [6.07, 6.45) is 3.41. The molecule has 8 nitrogen and oxygen atoms in total. The van der Waals surface area contributed by atoms with E-state index in [1.165, 1.54) is 37.9 Å². The molecule has 2 N–H and O–H groups in total. The van der Waals surface area contributed by atoms with Gasteiger partial charge in [-0.2, -0.15) is 4.31 Å². The molecule has 2 atom stereocenters. The molecule has 1 aliphatic rings. The Morgan fingerprint density at radius 3 is 2.54 bits per heavy atom. The van der Waals surface area contributed by atoms with Crippen LogP contribution in [0.5, 0.6) is 11.5 Å². The van der Waals surface area contributed by atoms with Crippen molar-refractivity contribution in [2.75, 3.05) is 20.8 Å². The summed E-state index contributed by atoms with van der Waals surface area (Å²) < 4.78 is 37.2. The number of sulfonamides is 1. The van der Waals surface area contributed by atoms with Gasteiger partial charge in [-0.3, -0.25) is 10.0 Å². The topological polar surface area (TPSA) is 105 Å². The summed E-state index contributed by atoms with van der Waals surface area (Å²) in [7, 11) is -1.13. The van der Waals surface area contributed by atoms with E-state index in [4.69, 9.17) is 14.7 Å². The van der Waals surface area contributed by atoms with Crippen molar-refractivity contribution in [3.05, 3.63) is 30.4 Å². The van der Waals surface area contributed by atoms with E-state index in [0.717, 1.165) is 4.31 Å². The van der Waals surface area contributed by atoms with E-state index in [1.807, 2.05) is 0 Å². The van der Waals surface area contributed by atoms with Crippen LogP contribution < -0.4 is 15.0 Å². The average Bonchev–Trinajstić information content (AvgIpc) is 2.60. The van der Waals surface area contributed by atoms with Gasteiger partial charge in [-0.15, -0.1) is 0 Å². The predicted molar refractivity (Wildman–Crippen MR) is 85.5 cm³/mol. The molecular formula is C15H20N2O6S. The van der Waals surface area contributed by atoms with Crippen LogP contribution in [0.3, 0.4) is 0 Å². The number of hydrogen-bond acceptors (Lipinski definition) is 6. The van der Waals surface area contributed by atoms with Crippen molar-refractivity contribution in [2.24, 2.45) is 5.92 Å². The van der Waals surface area contributed by atoms with Crippen LogP contribution in [0.1, 0.15) is 6.92 Å². The largest absolute Gasteiger partial charge is 0.493 e. The summed E-state index contributed by atoms with van der Waals surface area (Å²) in [6.45, 7) is 1.73. The van der Waals surface area contributed by atoms with E-state index in [0.29, 0.717) is 5.75 Å². The van der Waals surface area contributed by atoms with Crippen molar-refractivity contribution in [2.45, 2.75) is 17.9 Å². The van der Waals surface area contributed by atoms with E-state index in [2.05, 4.69) is 0 Å². The van der Waals surface area contributed by atoms with Crippen LogP contribution in [-0.4, -0.2) is 50.6 Å². The standard InChI is InChI=1S/C15H20N2O6S/c1-10-5-4-8-17(14(10)15(18)16-19)24(20,21)11-6-7-12(22-2)13(9-11)23-3/h4-7,9-10,14,19H,8H2,1-3H3,(H,16,18). The number of benzene rings is 1. The van der Waals surface area contributed by atoms with Crippen molar-refractivity contribution in [1.29, 1.82) is 0 Å². The number of hydrogen-bond donors (Lipinski definition) is 2. The van der Waals surface area contributed by atoms with Crippen LogP contribution in [0.2, 0.25) is 0 Å². The summed E-state index contributed by atoms with van der Waals surface area (Å²) >= 11 is 0. The monoisotopic (exact) mass is 356 g/mol. The Hall–Kier alpha value is -2.10. The maximum absolute atomic E-state index is 13.0. The molecule has 0 saturated carbocycles. The van der Waals surface area contributed by atoms with Crippen LogP contribution in [0.25, 0.3) is 0 Å². The van der Waals surface area contributed by atoms with Gasteiger partial charge < -0.3 is 9.47 Å². The quantitative estimate of drug-likeness (QED) is 0.459. The van der Waals surface area contributed by atoms with Gasteiger partial charge in [0.05, 0.1) is 19.1 Å². The molecule has 9 heteroatoms. The van der Waals surface area contributed by atoms with Crippen molar-refractivity contribution in [1.82, 2.24) is 9.79 Å². The Labute approximate surface area is 140 Å². The lowest BCUT2D eigenvalue weighted by Gasteiger charge is -2.34. The highest BCUT2D eigenvalue weighted by atomic mass is 32.2. The second kappa shape index (κ2) is 7.20. The fourth-order valence-corrected chi connectivity index (χ4v) is 4.29. The zero-order valence-electron chi connectivity index (χ0n) is 13.6. The highest BCUT2D eigenvalue weighted by molar-refractivity contribution is 7.89. The van der Waals surface area contributed by atoms with Gasteiger partial charge in [0.2, 0.25) is 10.0 Å². The normalized spacial score (nSPS) is 21.3. The van der Waals surface area contributed by atoms with Gasteiger partial charge in [-0.25, -0.2) is 13.9 Å². The molecule has 1 aliphatic heterocycles. The maximum Gasteiger partial charge on any atom is 0.262 e. The highest BCUT2D eigenvalue weighted by Gasteiger charge is 2.40. The lowest BCUT2D eigenvalue weighted by molar-refractivity contribution is -0.134. The molecule has 0 aromatic heterocycles. The molecule has 0 saturated heterocycles. The first kappa shape index (κ1) is 18.2. The zero-order chi connectivity index (χ0) is 17.9. The maximum atomic E-state index is 13.0. The number of carbonyl (C=O) groups is 1. The first-order valence-electron chi connectivity index (χ1n) is 7.21. The van der Waals surface area contributed by atoms with Gasteiger partial charge in [0, 0.05) is 12.6 Å². The average molecular weight is 356 g/mol. The van der Waals surface area contributed by atoms with Crippen molar-refractivity contribution < 1.29 is 27.9 Å². The Morgan fingerprint density at radius 2 is 1.96 bits per heavy atom. The van der Waals surface area contributed by atoms with Crippen LogP contribution >= 0.6 is 0 Å². The number of carbonyl (C=O) groups excluding carboxylic acids is 1. The van der Waals surface area contributed by atoms with Gasteiger partial charge in [-0.05, 0) is 18.1 Å². The third-order valence-corrected chi connectivity index (χ3v) is 5.72. The molecule has 0 radical (unpaired) electrons. The minimum Gasteiger partial charge on any atom is -0.493 e. The fourth-order valence-electron chi connectivity index (χ4n) is 2.66. The Bertz CT molecular complexity index is 746. The zero-order valence-corrected chi connectivity index (χ0v) is 14.4. The molecule has 0 spiro atoms. The molecule has 2 rings (SSSR count). The van der Waals surface area contributed by atoms with E-state index in [-0.39, 0.29) is 23.1 Å². The van der Waals surface area contributed by atoms with Crippen LogP contribution in [0.4, 0.5) is 0 Å². The third-order valence-electron chi connectivity index (χ3n) is 3.87. The first-order chi connectivity index (χ1) is 11.4. The number of nitrogens with one attached hydrogen (secondary N) is 1. The summed E-state index contributed by atoms with van der Waals surface area (Å²) in [5.41, 5.74) is 1.54. The number of hydroxylamine groups is 1. The van der Waals surface area contributed by atoms with E-state index in [1.54, 1.807) is 19.1 Å². The van der Waals surface area contributed by atoms with Crippen LogP contribution in [0, 0.1) is 5.92 Å². The summed E-state index contributed by atoms with van der Waals surface area (Å²) in [4.78, 5) is 11.9. The Kier molecular flexibility index (Phi) is 5.47. The van der Waals surface area contributed by atoms with Crippen molar-refractivity contribution in [3.8, 4) is 11.5 Å². The minimum atomic E-state index is -3.98. The molecular weight excluding hydrogens is 336 g/mol. The van der Waals surface area contributed by atoms with E-state index in [9.17, 15) is 13.2 Å². The molecule has 1 amide bonds. The minimum absolute atomic E-state index is 0.0269. The van der Waals surface area contributed by atoms with Crippen LogP contribution in [-0.2, 0) is 14.8 Å². The number of ether oxygens (including phenoxy) is 2. The van der Waals surface area contributed by atoms with Gasteiger partial charge in [0.15, 0.2) is 11.5 Å². The summed E-state index contributed by atoms with van der Waals surface area (Å²) in [6, 6.07) is 3.16. The number of methoxy groups -OCH3 is 2. The molecule has 2 unspecified atom stereocenters. The molecule has 1 heterocycles. The third kappa shape index (κ3) is 3.23. The van der Waals surface area contributed by atoms with Crippen LogP contribution in [0.15, 0.2) is 35.2 Å². The van der Waals surface area contributed by atoms with E-state index >= 15 is 0 Å².